The van der Waals surface area contributed by atoms with E-state index in [0.29, 0.717) is 6.07 Å². The average molecular weight is 241 g/mol. The first kappa shape index (κ1) is 11.5. The van der Waals surface area contributed by atoms with Crippen molar-refractivity contribution in [2.75, 3.05) is 0 Å². The predicted molar refractivity (Wildman–Crippen MR) is 53.0 cm³/mol. The number of carbonyl (C=O) groups excluding carboxylic acids is 1. The van der Waals surface area contributed by atoms with Crippen LogP contribution >= 0.6 is 0 Å². The van der Waals surface area contributed by atoms with Crippen molar-refractivity contribution in [3.63, 3.8) is 0 Å². The lowest BCUT2D eigenvalue weighted by molar-refractivity contribution is -0.142. The van der Waals surface area contributed by atoms with Gasteiger partial charge in [-0.25, -0.2) is 8.78 Å². The highest BCUT2D eigenvalue weighted by Gasteiger charge is 2.38. The smallest absolute Gasteiger partial charge is 0.309 e. The number of hydrogen-bond donors (Lipinski definition) is 2. The van der Waals surface area contributed by atoms with Crippen molar-refractivity contribution in [3.8, 4) is 0 Å². The molecular formula is C11H9F2NO3. The zero-order chi connectivity index (χ0) is 12.6. The van der Waals surface area contributed by atoms with Crippen molar-refractivity contribution in [2.45, 2.75) is 12.5 Å². The first-order valence-electron chi connectivity index (χ1n) is 4.95. The van der Waals surface area contributed by atoms with Gasteiger partial charge < -0.3 is 10.4 Å². The fraction of sp³-hybridized carbons (Fsp3) is 0.273. The van der Waals surface area contributed by atoms with Crippen LogP contribution in [0.25, 0.3) is 0 Å². The fourth-order valence-corrected chi connectivity index (χ4v) is 1.95. The highest BCUT2D eigenvalue weighted by Crippen LogP contribution is 2.31. The second kappa shape index (κ2) is 4.12. The van der Waals surface area contributed by atoms with Crippen molar-refractivity contribution in [1.82, 2.24) is 5.32 Å². The molecule has 2 rings (SSSR count). The van der Waals surface area contributed by atoms with Crippen LogP contribution < -0.4 is 5.32 Å². The Morgan fingerprint density at radius 3 is 2.41 bits per heavy atom. The first-order valence-corrected chi connectivity index (χ1v) is 4.95. The van der Waals surface area contributed by atoms with E-state index in [2.05, 4.69) is 5.32 Å². The number of rotatable bonds is 2. The van der Waals surface area contributed by atoms with Crippen LogP contribution in [0.1, 0.15) is 18.0 Å². The molecule has 0 radical (unpaired) electrons. The summed E-state index contributed by atoms with van der Waals surface area (Å²) in [6.07, 6.45) is -0.182. The molecule has 1 unspecified atom stereocenters. The Kier molecular flexibility index (Phi) is 2.79. The molecule has 0 spiro atoms. The summed E-state index contributed by atoms with van der Waals surface area (Å²) in [7, 11) is 0. The van der Waals surface area contributed by atoms with Gasteiger partial charge in [-0.1, -0.05) is 0 Å². The summed E-state index contributed by atoms with van der Waals surface area (Å²) in [5.74, 6) is -4.20. The van der Waals surface area contributed by atoms with E-state index in [1.54, 1.807) is 0 Å². The summed E-state index contributed by atoms with van der Waals surface area (Å²) in [5, 5.41) is 11.3. The lowest BCUT2D eigenvalue weighted by Crippen LogP contribution is -2.24. The number of benzene rings is 1. The van der Waals surface area contributed by atoms with Crippen LogP contribution in [0.4, 0.5) is 8.78 Å². The number of nitrogens with one attached hydrogen (secondary N) is 1. The molecule has 17 heavy (non-hydrogen) atoms. The van der Waals surface area contributed by atoms with E-state index < -0.39 is 35.5 Å². The van der Waals surface area contributed by atoms with Gasteiger partial charge in [-0.2, -0.15) is 0 Å². The van der Waals surface area contributed by atoms with E-state index in [1.807, 2.05) is 0 Å². The van der Waals surface area contributed by atoms with Gasteiger partial charge in [0.15, 0.2) is 0 Å². The Labute approximate surface area is 95.2 Å². The molecule has 0 aliphatic carbocycles. The number of carbonyl (C=O) groups is 2. The van der Waals surface area contributed by atoms with Crippen molar-refractivity contribution < 1.29 is 23.5 Å². The number of aliphatic carboxylic acids is 1. The van der Waals surface area contributed by atoms with E-state index in [4.69, 9.17) is 5.11 Å². The number of amides is 1. The molecule has 1 fully saturated rings. The minimum Gasteiger partial charge on any atom is -0.481 e. The molecule has 1 aliphatic heterocycles. The average Bonchev–Trinajstić information content (AvgIpc) is 2.59. The summed E-state index contributed by atoms with van der Waals surface area (Å²) in [6, 6.07) is 1.85. The monoisotopic (exact) mass is 241 g/mol. The molecule has 90 valence electrons. The van der Waals surface area contributed by atoms with Crippen LogP contribution in [-0.4, -0.2) is 17.0 Å². The summed E-state index contributed by atoms with van der Waals surface area (Å²) in [6.45, 7) is 0. The van der Waals surface area contributed by atoms with Crippen LogP contribution in [0.2, 0.25) is 0 Å². The van der Waals surface area contributed by atoms with Gasteiger partial charge >= 0.3 is 5.97 Å². The Hall–Kier alpha value is -1.98. The number of halogens is 2. The second-order valence-electron chi connectivity index (χ2n) is 3.90. The lowest BCUT2D eigenvalue weighted by Gasteiger charge is -2.15. The predicted octanol–water partition coefficient (Wildman–Crippen LogP) is 1.23. The van der Waals surface area contributed by atoms with Crippen molar-refractivity contribution in [2.24, 2.45) is 5.92 Å². The Bertz CT molecular complexity index is 469. The molecular weight excluding hydrogens is 232 g/mol. The van der Waals surface area contributed by atoms with Crippen LogP contribution in [0.5, 0.6) is 0 Å². The van der Waals surface area contributed by atoms with Gasteiger partial charge in [-0.3, -0.25) is 9.59 Å². The molecule has 4 nitrogen and oxygen atoms in total. The Morgan fingerprint density at radius 1 is 1.29 bits per heavy atom. The summed E-state index contributed by atoms with van der Waals surface area (Å²) >= 11 is 0. The van der Waals surface area contributed by atoms with Gasteiger partial charge in [0.05, 0.1) is 12.0 Å². The zero-order valence-corrected chi connectivity index (χ0v) is 8.61. The van der Waals surface area contributed by atoms with E-state index >= 15 is 0 Å². The van der Waals surface area contributed by atoms with Gasteiger partial charge in [-0.05, 0) is 17.7 Å². The van der Waals surface area contributed by atoms with Crippen LogP contribution in [0, 0.1) is 17.6 Å². The molecule has 0 bridgehead atoms. The first-order chi connectivity index (χ1) is 7.97. The fourth-order valence-electron chi connectivity index (χ4n) is 1.95. The maximum atomic E-state index is 13.0. The largest absolute Gasteiger partial charge is 0.481 e. The van der Waals surface area contributed by atoms with E-state index in [1.165, 1.54) is 0 Å². The molecule has 1 aromatic rings. The normalized spacial score (nSPS) is 23.5. The van der Waals surface area contributed by atoms with Gasteiger partial charge in [0, 0.05) is 12.5 Å². The third-order valence-corrected chi connectivity index (χ3v) is 2.69. The minimum atomic E-state index is -1.17. The highest BCUT2D eigenvalue weighted by atomic mass is 19.1. The molecule has 1 heterocycles. The van der Waals surface area contributed by atoms with Crippen molar-refractivity contribution >= 4 is 11.9 Å². The van der Waals surface area contributed by atoms with Crippen molar-refractivity contribution in [3.05, 3.63) is 35.4 Å². The van der Waals surface area contributed by atoms with Crippen LogP contribution in [-0.2, 0) is 9.59 Å². The Balaban J connectivity index is 2.37. The molecule has 1 aliphatic rings. The van der Waals surface area contributed by atoms with Gasteiger partial charge in [0.25, 0.3) is 0 Å². The van der Waals surface area contributed by atoms with Crippen LogP contribution in [0.3, 0.4) is 0 Å². The second-order valence-corrected chi connectivity index (χ2v) is 3.90. The molecule has 6 heteroatoms. The summed E-state index contributed by atoms with van der Waals surface area (Å²) < 4.78 is 26.0. The Morgan fingerprint density at radius 2 is 1.88 bits per heavy atom. The maximum Gasteiger partial charge on any atom is 0.309 e. The molecule has 2 N–H and O–H groups in total. The number of carboxylic acid groups (broad SMARTS) is 1. The molecule has 1 amide bonds. The van der Waals surface area contributed by atoms with Gasteiger partial charge in [-0.15, -0.1) is 0 Å². The molecule has 0 saturated carbocycles. The summed E-state index contributed by atoms with van der Waals surface area (Å²) in [5.41, 5.74) is 0.126. The van der Waals surface area contributed by atoms with E-state index in [-0.39, 0.29) is 12.0 Å². The SMILES string of the molecule is O=C1C[C@H](C(=O)O)C(c2cc(F)cc(F)c2)N1. The standard InChI is InChI=1S/C11H9F2NO3/c12-6-1-5(2-7(13)3-6)10-8(11(16)17)4-9(15)14-10/h1-3,8,10H,4H2,(H,14,15)(H,16,17)/t8-,10?/m0/s1. The number of hydrogen-bond acceptors (Lipinski definition) is 2. The zero-order valence-electron chi connectivity index (χ0n) is 8.61. The third kappa shape index (κ3) is 2.25. The molecule has 0 aromatic heterocycles. The van der Waals surface area contributed by atoms with E-state index in [9.17, 15) is 18.4 Å². The maximum absolute atomic E-state index is 13.0. The molecule has 1 saturated heterocycles. The van der Waals surface area contributed by atoms with Gasteiger partial charge in [0.1, 0.15) is 11.6 Å². The third-order valence-electron chi connectivity index (χ3n) is 2.69. The number of carboxylic acids is 1. The molecule has 2 atom stereocenters. The lowest BCUT2D eigenvalue weighted by atomic mass is 9.94. The molecule has 1 aromatic carbocycles. The van der Waals surface area contributed by atoms with Crippen molar-refractivity contribution in [1.29, 1.82) is 0 Å². The quantitative estimate of drug-likeness (QED) is 0.818. The minimum absolute atomic E-state index is 0.126. The highest BCUT2D eigenvalue weighted by molar-refractivity contribution is 5.87. The topological polar surface area (TPSA) is 66.4 Å². The summed E-state index contributed by atoms with van der Waals surface area (Å²) in [4.78, 5) is 22.1. The van der Waals surface area contributed by atoms with Crippen LogP contribution in [0.15, 0.2) is 18.2 Å². The van der Waals surface area contributed by atoms with Gasteiger partial charge in [0.2, 0.25) is 5.91 Å². The van der Waals surface area contributed by atoms with E-state index in [0.717, 1.165) is 12.1 Å².